The first-order valence-corrected chi connectivity index (χ1v) is 9.81. The second kappa shape index (κ2) is 7.55. The fraction of sp³-hybridized carbons (Fsp3) is 0.476. The molecule has 1 aromatic carbocycles. The lowest BCUT2D eigenvalue weighted by Gasteiger charge is -2.30. The van der Waals surface area contributed by atoms with Crippen LogP contribution in [0.5, 0.6) is 0 Å². The quantitative estimate of drug-likeness (QED) is 0.898. The molecule has 1 aromatic heterocycles. The van der Waals surface area contributed by atoms with Crippen molar-refractivity contribution in [2.75, 3.05) is 28.7 Å². The molecule has 0 bridgehead atoms. The van der Waals surface area contributed by atoms with Crippen LogP contribution in [-0.2, 0) is 11.3 Å². The van der Waals surface area contributed by atoms with Crippen molar-refractivity contribution in [3.63, 3.8) is 0 Å². The topological polar surface area (TPSA) is 61.4 Å². The van der Waals surface area contributed by atoms with E-state index in [4.69, 9.17) is 4.98 Å². The summed E-state index contributed by atoms with van der Waals surface area (Å²) in [6.45, 7) is 3.50. The van der Waals surface area contributed by atoms with Crippen LogP contribution in [0.15, 0.2) is 30.5 Å². The number of nitrogens with one attached hydrogen (secondary N) is 1. The van der Waals surface area contributed by atoms with Gasteiger partial charge in [0.25, 0.3) is 0 Å². The van der Waals surface area contributed by atoms with Gasteiger partial charge in [-0.25, -0.2) is 4.98 Å². The van der Waals surface area contributed by atoms with Crippen molar-refractivity contribution < 1.29 is 4.79 Å². The smallest absolute Gasteiger partial charge is 0.228 e. The molecule has 1 fully saturated rings. The highest BCUT2D eigenvalue weighted by Crippen LogP contribution is 2.35. The highest BCUT2D eigenvalue weighted by Gasteiger charge is 2.31. The van der Waals surface area contributed by atoms with E-state index in [1.807, 2.05) is 7.05 Å². The minimum absolute atomic E-state index is 0.126. The molecule has 0 radical (unpaired) electrons. The van der Waals surface area contributed by atoms with Gasteiger partial charge in [0.15, 0.2) is 5.82 Å². The molecule has 27 heavy (non-hydrogen) atoms. The average Bonchev–Trinajstić information content (AvgIpc) is 3.17. The number of fused-ring (bicyclic) bond motifs is 1. The SMILES string of the molecule is Cc1cccc(CNc2ncc3c(n2)N(C2CCCC2)CCC(=O)N3C)c1. The number of carbonyl (C=O) groups is 1. The molecule has 1 saturated carbocycles. The van der Waals surface area contributed by atoms with Crippen molar-refractivity contribution in [1.82, 2.24) is 9.97 Å². The average molecular weight is 365 g/mol. The van der Waals surface area contributed by atoms with E-state index in [0.29, 0.717) is 25.0 Å². The zero-order valence-electron chi connectivity index (χ0n) is 16.1. The van der Waals surface area contributed by atoms with E-state index in [0.717, 1.165) is 18.1 Å². The molecule has 6 nitrogen and oxygen atoms in total. The maximum absolute atomic E-state index is 12.4. The predicted octanol–water partition coefficient (Wildman–Crippen LogP) is 3.51. The molecule has 1 amide bonds. The predicted molar refractivity (Wildman–Crippen MR) is 108 cm³/mol. The molecule has 0 unspecified atom stereocenters. The van der Waals surface area contributed by atoms with Crippen molar-refractivity contribution in [1.29, 1.82) is 0 Å². The Hall–Kier alpha value is -2.63. The monoisotopic (exact) mass is 365 g/mol. The molecule has 2 heterocycles. The normalized spacial score (nSPS) is 17.8. The summed E-state index contributed by atoms with van der Waals surface area (Å²) in [5, 5.41) is 3.34. The van der Waals surface area contributed by atoms with E-state index in [1.54, 1.807) is 11.1 Å². The number of rotatable bonds is 4. The molecule has 0 atom stereocenters. The summed E-state index contributed by atoms with van der Waals surface area (Å²) in [7, 11) is 1.82. The van der Waals surface area contributed by atoms with Gasteiger partial charge in [-0.3, -0.25) is 4.79 Å². The number of aromatic nitrogens is 2. The standard InChI is InChI=1S/C21H27N5O/c1-15-6-5-7-16(12-15)13-22-21-23-14-18-20(24-21)26(17-8-3-4-9-17)11-10-19(27)25(18)2/h5-7,12,14,17H,3-4,8-11,13H2,1-2H3,(H,22,23,24). The summed E-state index contributed by atoms with van der Waals surface area (Å²) < 4.78 is 0. The van der Waals surface area contributed by atoms with Crippen LogP contribution < -0.4 is 15.1 Å². The Balaban J connectivity index is 1.61. The van der Waals surface area contributed by atoms with Crippen LogP contribution in [0.3, 0.4) is 0 Å². The molecule has 0 saturated heterocycles. The zero-order chi connectivity index (χ0) is 18.8. The summed E-state index contributed by atoms with van der Waals surface area (Å²) in [5.41, 5.74) is 3.25. The van der Waals surface area contributed by atoms with Crippen LogP contribution >= 0.6 is 0 Å². The molecule has 2 aliphatic rings. The lowest BCUT2D eigenvalue weighted by molar-refractivity contribution is -0.118. The molecular formula is C21H27N5O. The van der Waals surface area contributed by atoms with E-state index in [2.05, 4.69) is 46.4 Å². The van der Waals surface area contributed by atoms with Gasteiger partial charge in [-0.15, -0.1) is 0 Å². The van der Waals surface area contributed by atoms with E-state index < -0.39 is 0 Å². The van der Waals surface area contributed by atoms with E-state index in [9.17, 15) is 4.79 Å². The number of nitrogens with zero attached hydrogens (tertiary/aromatic N) is 4. The lowest BCUT2D eigenvalue weighted by atomic mass is 10.1. The van der Waals surface area contributed by atoms with E-state index in [1.165, 1.54) is 36.8 Å². The van der Waals surface area contributed by atoms with Crippen molar-refractivity contribution in [3.05, 3.63) is 41.6 Å². The number of hydrogen-bond acceptors (Lipinski definition) is 5. The Morgan fingerprint density at radius 1 is 1.26 bits per heavy atom. The Labute approximate surface area is 160 Å². The van der Waals surface area contributed by atoms with Gasteiger partial charge in [0.05, 0.1) is 6.20 Å². The van der Waals surface area contributed by atoms with Gasteiger partial charge in [-0.2, -0.15) is 4.98 Å². The van der Waals surface area contributed by atoms with Gasteiger partial charge in [-0.05, 0) is 25.3 Å². The van der Waals surface area contributed by atoms with Crippen LogP contribution in [0.25, 0.3) is 0 Å². The lowest BCUT2D eigenvalue weighted by Crippen LogP contribution is -2.34. The van der Waals surface area contributed by atoms with Crippen LogP contribution in [0.4, 0.5) is 17.5 Å². The van der Waals surface area contributed by atoms with Gasteiger partial charge in [-0.1, -0.05) is 42.7 Å². The van der Waals surface area contributed by atoms with E-state index >= 15 is 0 Å². The van der Waals surface area contributed by atoms with Crippen molar-refractivity contribution in [3.8, 4) is 0 Å². The van der Waals surface area contributed by atoms with E-state index in [-0.39, 0.29) is 5.91 Å². The van der Waals surface area contributed by atoms with Gasteiger partial charge in [0.1, 0.15) is 5.69 Å². The van der Waals surface area contributed by atoms with Crippen LogP contribution in [-0.4, -0.2) is 35.5 Å². The maximum Gasteiger partial charge on any atom is 0.228 e. The van der Waals surface area contributed by atoms with Crippen LogP contribution in [0.2, 0.25) is 0 Å². The third-order valence-electron chi connectivity index (χ3n) is 5.62. The number of benzene rings is 1. The first-order chi connectivity index (χ1) is 13.1. The zero-order valence-corrected chi connectivity index (χ0v) is 16.1. The Bertz CT molecular complexity index is 831. The molecule has 2 aromatic rings. The van der Waals surface area contributed by atoms with Crippen LogP contribution in [0.1, 0.15) is 43.2 Å². The number of anilines is 3. The molecule has 6 heteroatoms. The Kier molecular flexibility index (Phi) is 4.97. The van der Waals surface area contributed by atoms with Gasteiger partial charge in [0.2, 0.25) is 11.9 Å². The van der Waals surface area contributed by atoms with Gasteiger partial charge in [0, 0.05) is 32.6 Å². The second-order valence-corrected chi connectivity index (χ2v) is 7.58. The fourth-order valence-corrected chi connectivity index (χ4v) is 4.10. The van der Waals surface area contributed by atoms with Gasteiger partial charge >= 0.3 is 0 Å². The summed E-state index contributed by atoms with van der Waals surface area (Å²) in [6.07, 6.45) is 7.16. The number of amides is 1. The molecule has 0 spiro atoms. The molecule has 142 valence electrons. The highest BCUT2D eigenvalue weighted by molar-refractivity contribution is 5.97. The molecule has 1 N–H and O–H groups in total. The second-order valence-electron chi connectivity index (χ2n) is 7.58. The minimum atomic E-state index is 0.126. The summed E-state index contributed by atoms with van der Waals surface area (Å²) in [4.78, 5) is 25.7. The first-order valence-electron chi connectivity index (χ1n) is 9.81. The van der Waals surface area contributed by atoms with Crippen molar-refractivity contribution >= 4 is 23.4 Å². The molecule has 4 rings (SSSR count). The summed E-state index contributed by atoms with van der Waals surface area (Å²) in [5.74, 6) is 1.62. The van der Waals surface area contributed by atoms with Gasteiger partial charge < -0.3 is 15.1 Å². The third kappa shape index (κ3) is 3.75. The molecular weight excluding hydrogens is 338 g/mol. The fourth-order valence-electron chi connectivity index (χ4n) is 4.10. The highest BCUT2D eigenvalue weighted by atomic mass is 16.2. The summed E-state index contributed by atoms with van der Waals surface area (Å²) >= 11 is 0. The van der Waals surface area contributed by atoms with Crippen molar-refractivity contribution in [2.45, 2.75) is 51.6 Å². The number of carbonyl (C=O) groups excluding carboxylic acids is 1. The maximum atomic E-state index is 12.4. The molecule has 1 aliphatic carbocycles. The largest absolute Gasteiger partial charge is 0.351 e. The first kappa shape index (κ1) is 17.8. The third-order valence-corrected chi connectivity index (χ3v) is 5.62. The summed E-state index contributed by atoms with van der Waals surface area (Å²) in [6, 6.07) is 8.89. The van der Waals surface area contributed by atoms with Crippen LogP contribution in [0, 0.1) is 6.92 Å². The number of hydrogen-bond donors (Lipinski definition) is 1. The Morgan fingerprint density at radius 2 is 2.07 bits per heavy atom. The van der Waals surface area contributed by atoms with Crippen molar-refractivity contribution in [2.24, 2.45) is 0 Å². The number of aryl methyl sites for hydroxylation is 1. The minimum Gasteiger partial charge on any atom is -0.351 e. The Morgan fingerprint density at radius 3 is 2.85 bits per heavy atom. The molecule has 1 aliphatic heterocycles.